The first-order valence-electron chi connectivity index (χ1n) is 6.36. The molecular formula is C13H16BrClFNO2S. The minimum Gasteiger partial charge on any atom is -0.207 e. The molecule has 1 aromatic rings. The van der Waals surface area contributed by atoms with Crippen LogP contribution >= 0.6 is 27.5 Å². The van der Waals surface area contributed by atoms with E-state index in [-0.39, 0.29) is 16.3 Å². The average molecular weight is 385 g/mol. The molecule has 112 valence electrons. The van der Waals surface area contributed by atoms with Gasteiger partial charge in [-0.3, -0.25) is 0 Å². The van der Waals surface area contributed by atoms with E-state index in [0.29, 0.717) is 16.9 Å². The van der Waals surface area contributed by atoms with Gasteiger partial charge in [-0.15, -0.1) is 11.6 Å². The summed E-state index contributed by atoms with van der Waals surface area (Å²) in [6.07, 6.45) is 3.21. The Kier molecular flexibility index (Phi) is 5.10. The molecule has 1 fully saturated rings. The molecule has 1 aliphatic rings. The summed E-state index contributed by atoms with van der Waals surface area (Å²) in [4.78, 5) is -0.315. The molecule has 7 heteroatoms. The summed E-state index contributed by atoms with van der Waals surface area (Å²) >= 11 is 8.85. The second kappa shape index (κ2) is 6.30. The Labute approximate surface area is 132 Å². The summed E-state index contributed by atoms with van der Waals surface area (Å²) < 4.78 is 40.9. The van der Waals surface area contributed by atoms with Crippen molar-refractivity contribution in [3.8, 4) is 0 Å². The monoisotopic (exact) mass is 383 g/mol. The van der Waals surface area contributed by atoms with Crippen molar-refractivity contribution < 1.29 is 12.8 Å². The van der Waals surface area contributed by atoms with E-state index in [1.165, 1.54) is 23.5 Å². The highest BCUT2D eigenvalue weighted by molar-refractivity contribution is 9.10. The third kappa shape index (κ3) is 3.18. The van der Waals surface area contributed by atoms with Crippen molar-refractivity contribution in [3.05, 3.63) is 28.0 Å². The Morgan fingerprint density at radius 2 is 2.10 bits per heavy atom. The van der Waals surface area contributed by atoms with Crippen molar-refractivity contribution in [1.29, 1.82) is 0 Å². The van der Waals surface area contributed by atoms with Gasteiger partial charge in [-0.25, -0.2) is 17.1 Å². The highest BCUT2D eigenvalue weighted by Gasteiger charge is 2.29. The SMILES string of the molecule is CN(CC1CCC1)S(=O)(=O)c1cc(Br)cc(CCl)c1F. The van der Waals surface area contributed by atoms with Crippen LogP contribution in [0.1, 0.15) is 24.8 Å². The van der Waals surface area contributed by atoms with Crippen LogP contribution in [0.15, 0.2) is 21.5 Å². The van der Waals surface area contributed by atoms with Crippen LogP contribution in [0.5, 0.6) is 0 Å². The van der Waals surface area contributed by atoms with Crippen LogP contribution in [0.2, 0.25) is 0 Å². The molecule has 0 N–H and O–H groups in total. The Morgan fingerprint density at radius 1 is 1.45 bits per heavy atom. The molecule has 1 saturated carbocycles. The number of sulfonamides is 1. The molecule has 0 saturated heterocycles. The highest BCUT2D eigenvalue weighted by Crippen LogP contribution is 2.31. The van der Waals surface area contributed by atoms with Crippen LogP contribution in [0.4, 0.5) is 4.39 Å². The number of halogens is 3. The van der Waals surface area contributed by atoms with Crippen LogP contribution in [0.3, 0.4) is 0 Å². The molecule has 1 aromatic carbocycles. The standard InChI is InChI=1S/C13H16BrClFNO2S/c1-17(8-9-3-2-4-9)20(18,19)12-6-11(14)5-10(7-15)13(12)16/h5-6,9H,2-4,7-8H2,1H3. The fourth-order valence-corrected chi connectivity index (χ4v) is 4.44. The summed E-state index contributed by atoms with van der Waals surface area (Å²) in [5.74, 6) is -0.443. The van der Waals surface area contributed by atoms with E-state index in [1.807, 2.05) is 0 Å². The van der Waals surface area contributed by atoms with E-state index in [9.17, 15) is 12.8 Å². The maximum atomic E-state index is 14.2. The Hall–Kier alpha value is -0.170. The van der Waals surface area contributed by atoms with Gasteiger partial charge in [0, 0.05) is 23.6 Å². The molecule has 0 atom stereocenters. The quantitative estimate of drug-likeness (QED) is 0.725. The number of hydrogen-bond donors (Lipinski definition) is 0. The summed E-state index contributed by atoms with van der Waals surface area (Å²) in [5.41, 5.74) is 0.177. The van der Waals surface area contributed by atoms with Crippen molar-refractivity contribution in [2.45, 2.75) is 30.0 Å². The lowest BCUT2D eigenvalue weighted by Crippen LogP contribution is -2.34. The molecular weight excluding hydrogens is 369 g/mol. The van der Waals surface area contributed by atoms with Gasteiger partial charge in [0.2, 0.25) is 10.0 Å². The van der Waals surface area contributed by atoms with Gasteiger partial charge in [-0.1, -0.05) is 22.4 Å². The highest BCUT2D eigenvalue weighted by atomic mass is 79.9. The van der Waals surface area contributed by atoms with E-state index in [2.05, 4.69) is 15.9 Å². The van der Waals surface area contributed by atoms with Crippen molar-refractivity contribution in [1.82, 2.24) is 4.31 Å². The number of nitrogens with zero attached hydrogens (tertiary/aromatic N) is 1. The minimum absolute atomic E-state index is 0.0693. The molecule has 0 aromatic heterocycles. The maximum Gasteiger partial charge on any atom is 0.245 e. The minimum atomic E-state index is -3.83. The summed E-state index contributed by atoms with van der Waals surface area (Å²) in [6, 6.07) is 2.78. The molecule has 0 spiro atoms. The summed E-state index contributed by atoms with van der Waals surface area (Å²) in [7, 11) is -2.33. The fourth-order valence-electron chi connectivity index (χ4n) is 2.21. The van der Waals surface area contributed by atoms with Crippen molar-refractivity contribution in [2.24, 2.45) is 5.92 Å². The van der Waals surface area contributed by atoms with E-state index in [0.717, 1.165) is 19.3 Å². The van der Waals surface area contributed by atoms with Gasteiger partial charge in [-0.2, -0.15) is 0 Å². The second-order valence-electron chi connectivity index (χ2n) is 5.09. The van der Waals surface area contributed by atoms with Crippen LogP contribution in [-0.4, -0.2) is 26.3 Å². The van der Waals surface area contributed by atoms with E-state index >= 15 is 0 Å². The lowest BCUT2D eigenvalue weighted by molar-refractivity contribution is 0.262. The van der Waals surface area contributed by atoms with E-state index in [4.69, 9.17) is 11.6 Å². The zero-order valence-electron chi connectivity index (χ0n) is 11.1. The summed E-state index contributed by atoms with van der Waals surface area (Å²) in [6.45, 7) is 0.435. The summed E-state index contributed by atoms with van der Waals surface area (Å²) in [5, 5.41) is 0. The predicted molar refractivity (Wildman–Crippen MR) is 80.8 cm³/mol. The molecule has 0 radical (unpaired) electrons. The smallest absolute Gasteiger partial charge is 0.207 e. The molecule has 2 rings (SSSR count). The first-order valence-corrected chi connectivity index (χ1v) is 9.13. The predicted octanol–water partition coefficient (Wildman–Crippen LogP) is 3.75. The molecule has 1 aliphatic carbocycles. The van der Waals surface area contributed by atoms with Gasteiger partial charge in [0.1, 0.15) is 10.7 Å². The van der Waals surface area contributed by atoms with Gasteiger partial charge < -0.3 is 0 Å². The number of benzene rings is 1. The van der Waals surface area contributed by atoms with Crippen LogP contribution < -0.4 is 0 Å². The zero-order chi connectivity index (χ0) is 14.9. The Bertz CT molecular complexity index is 605. The van der Waals surface area contributed by atoms with Crippen LogP contribution in [0.25, 0.3) is 0 Å². The number of hydrogen-bond acceptors (Lipinski definition) is 2. The normalized spacial score (nSPS) is 16.4. The first kappa shape index (κ1) is 16.2. The van der Waals surface area contributed by atoms with Gasteiger partial charge in [-0.05, 0) is 30.9 Å². The molecule has 3 nitrogen and oxygen atoms in total. The Balaban J connectivity index is 2.35. The van der Waals surface area contributed by atoms with Crippen LogP contribution in [-0.2, 0) is 15.9 Å². The maximum absolute atomic E-state index is 14.2. The van der Waals surface area contributed by atoms with Gasteiger partial charge in [0.25, 0.3) is 0 Å². The third-order valence-electron chi connectivity index (χ3n) is 3.65. The molecule has 20 heavy (non-hydrogen) atoms. The molecule has 0 bridgehead atoms. The lowest BCUT2D eigenvalue weighted by atomic mass is 9.86. The van der Waals surface area contributed by atoms with Crippen molar-refractivity contribution in [3.63, 3.8) is 0 Å². The van der Waals surface area contributed by atoms with E-state index < -0.39 is 15.8 Å². The zero-order valence-corrected chi connectivity index (χ0v) is 14.2. The Morgan fingerprint density at radius 3 is 2.60 bits per heavy atom. The fraction of sp³-hybridized carbons (Fsp3) is 0.538. The topological polar surface area (TPSA) is 37.4 Å². The van der Waals surface area contributed by atoms with E-state index in [1.54, 1.807) is 0 Å². The second-order valence-corrected chi connectivity index (χ2v) is 8.29. The molecule has 0 heterocycles. The molecule has 0 unspecified atom stereocenters. The first-order chi connectivity index (χ1) is 9.36. The third-order valence-corrected chi connectivity index (χ3v) is 6.22. The number of rotatable bonds is 5. The van der Waals surface area contributed by atoms with Gasteiger partial charge in [0.15, 0.2) is 0 Å². The number of alkyl halides is 1. The van der Waals surface area contributed by atoms with Crippen molar-refractivity contribution >= 4 is 37.6 Å². The lowest BCUT2D eigenvalue weighted by Gasteiger charge is -2.29. The van der Waals surface area contributed by atoms with Crippen LogP contribution in [0, 0.1) is 11.7 Å². The largest absolute Gasteiger partial charge is 0.245 e. The van der Waals surface area contributed by atoms with Gasteiger partial charge in [0.05, 0.1) is 5.88 Å². The molecule has 0 amide bonds. The van der Waals surface area contributed by atoms with Crippen molar-refractivity contribution in [2.75, 3.05) is 13.6 Å². The average Bonchev–Trinajstić information content (AvgIpc) is 2.35. The van der Waals surface area contributed by atoms with Gasteiger partial charge >= 0.3 is 0 Å². The molecule has 0 aliphatic heterocycles.